The molecule has 0 spiro atoms. The molecule has 20 heavy (non-hydrogen) atoms. The lowest BCUT2D eigenvalue weighted by molar-refractivity contribution is -0.121. The number of amides is 2. The van der Waals surface area contributed by atoms with Gasteiger partial charge in [0.2, 0.25) is 5.91 Å². The van der Waals surface area contributed by atoms with E-state index >= 15 is 0 Å². The number of benzene rings is 1. The first-order chi connectivity index (χ1) is 9.38. The summed E-state index contributed by atoms with van der Waals surface area (Å²) in [6.07, 6.45) is 1.83. The van der Waals surface area contributed by atoms with Gasteiger partial charge in [0.25, 0.3) is 5.91 Å². The van der Waals surface area contributed by atoms with Gasteiger partial charge in [0, 0.05) is 18.7 Å². The van der Waals surface area contributed by atoms with Gasteiger partial charge in [-0.15, -0.1) is 0 Å². The van der Waals surface area contributed by atoms with Gasteiger partial charge in [-0.05, 0) is 25.0 Å². The number of hydrogen-bond donors (Lipinski definition) is 1. The van der Waals surface area contributed by atoms with Crippen molar-refractivity contribution in [2.45, 2.75) is 18.9 Å². The molecule has 4 nitrogen and oxygen atoms in total. The standard InChI is InChI=1S/C13H13F3N2O2/c1-18(6-11(19)17-8-2-3-8)13(20)7-4-9(14)12(16)10(15)5-7/h4-5,8H,2-3,6H2,1H3,(H,17,19). The quantitative estimate of drug-likeness (QED) is 0.852. The van der Waals surface area contributed by atoms with Crippen LogP contribution >= 0.6 is 0 Å². The predicted octanol–water partition coefficient (Wildman–Crippen LogP) is 1.45. The highest BCUT2D eigenvalue weighted by Gasteiger charge is 2.25. The van der Waals surface area contributed by atoms with Gasteiger partial charge in [0.15, 0.2) is 17.5 Å². The number of likely N-dealkylation sites (N-methyl/N-ethyl adjacent to an activating group) is 1. The van der Waals surface area contributed by atoms with E-state index in [1.54, 1.807) is 0 Å². The van der Waals surface area contributed by atoms with Crippen LogP contribution in [-0.4, -0.2) is 36.3 Å². The van der Waals surface area contributed by atoms with Gasteiger partial charge in [-0.25, -0.2) is 13.2 Å². The summed E-state index contributed by atoms with van der Waals surface area (Å²) >= 11 is 0. The van der Waals surface area contributed by atoms with E-state index < -0.39 is 23.4 Å². The minimum absolute atomic E-state index is 0.159. The van der Waals surface area contributed by atoms with Crippen LogP contribution in [0.15, 0.2) is 12.1 Å². The number of rotatable bonds is 4. The summed E-state index contributed by atoms with van der Waals surface area (Å²) in [5.41, 5.74) is -0.344. The van der Waals surface area contributed by atoms with Crippen molar-refractivity contribution in [3.05, 3.63) is 35.1 Å². The Labute approximate surface area is 113 Å². The zero-order valence-corrected chi connectivity index (χ0v) is 10.8. The fourth-order valence-electron chi connectivity index (χ4n) is 1.69. The second-order valence-electron chi connectivity index (χ2n) is 4.76. The summed E-state index contributed by atoms with van der Waals surface area (Å²) < 4.78 is 38.9. The maximum atomic E-state index is 13.0. The Kier molecular flexibility index (Phi) is 3.96. The van der Waals surface area contributed by atoms with Crippen LogP contribution in [0.1, 0.15) is 23.2 Å². The van der Waals surface area contributed by atoms with Gasteiger partial charge in [-0.2, -0.15) is 0 Å². The fourth-order valence-corrected chi connectivity index (χ4v) is 1.69. The lowest BCUT2D eigenvalue weighted by Crippen LogP contribution is -2.39. The highest BCUT2D eigenvalue weighted by Crippen LogP contribution is 2.18. The van der Waals surface area contributed by atoms with Crippen LogP contribution < -0.4 is 5.32 Å². The Morgan fingerprint density at radius 3 is 2.30 bits per heavy atom. The van der Waals surface area contributed by atoms with E-state index in [4.69, 9.17) is 0 Å². The van der Waals surface area contributed by atoms with Crippen molar-refractivity contribution in [3.8, 4) is 0 Å². The first-order valence-corrected chi connectivity index (χ1v) is 6.08. The smallest absolute Gasteiger partial charge is 0.254 e. The van der Waals surface area contributed by atoms with Crippen molar-refractivity contribution >= 4 is 11.8 Å². The molecule has 7 heteroatoms. The largest absolute Gasteiger partial charge is 0.352 e. The Morgan fingerprint density at radius 1 is 1.25 bits per heavy atom. The molecule has 1 aliphatic carbocycles. The lowest BCUT2D eigenvalue weighted by Gasteiger charge is -2.17. The van der Waals surface area contributed by atoms with Crippen LogP contribution in [0.25, 0.3) is 0 Å². The molecule has 1 N–H and O–H groups in total. The first kappa shape index (κ1) is 14.4. The van der Waals surface area contributed by atoms with Crippen LogP contribution in [0, 0.1) is 17.5 Å². The summed E-state index contributed by atoms with van der Waals surface area (Å²) in [5, 5.41) is 2.68. The monoisotopic (exact) mass is 286 g/mol. The highest BCUT2D eigenvalue weighted by atomic mass is 19.2. The van der Waals surface area contributed by atoms with Gasteiger partial charge >= 0.3 is 0 Å². The fraction of sp³-hybridized carbons (Fsp3) is 0.385. The Morgan fingerprint density at radius 2 is 1.80 bits per heavy atom. The van der Waals surface area contributed by atoms with Crippen molar-refractivity contribution < 1.29 is 22.8 Å². The van der Waals surface area contributed by atoms with Crippen molar-refractivity contribution in [1.29, 1.82) is 0 Å². The Bertz CT molecular complexity index is 536. The normalized spacial score (nSPS) is 14.0. The SMILES string of the molecule is CN(CC(=O)NC1CC1)C(=O)c1cc(F)c(F)c(F)c1. The van der Waals surface area contributed by atoms with Gasteiger partial charge in [0.1, 0.15) is 0 Å². The molecule has 0 aliphatic heterocycles. The van der Waals surface area contributed by atoms with Crippen molar-refractivity contribution in [2.24, 2.45) is 0 Å². The second kappa shape index (κ2) is 5.52. The third kappa shape index (κ3) is 3.28. The predicted molar refractivity (Wildman–Crippen MR) is 64.4 cm³/mol. The molecule has 108 valence electrons. The summed E-state index contributed by atoms with van der Waals surface area (Å²) in [4.78, 5) is 24.4. The molecule has 0 saturated heterocycles. The van der Waals surface area contributed by atoms with Gasteiger partial charge < -0.3 is 10.2 Å². The number of carbonyl (C=O) groups excluding carboxylic acids is 2. The van der Waals surface area contributed by atoms with E-state index in [1.807, 2.05) is 0 Å². The molecule has 1 aromatic rings. The minimum Gasteiger partial charge on any atom is -0.352 e. The number of carbonyl (C=O) groups is 2. The van der Waals surface area contributed by atoms with E-state index in [1.165, 1.54) is 7.05 Å². The van der Waals surface area contributed by atoms with Crippen molar-refractivity contribution in [2.75, 3.05) is 13.6 Å². The van der Waals surface area contributed by atoms with Crippen LogP contribution in [0.2, 0.25) is 0 Å². The molecule has 0 atom stereocenters. The number of hydrogen-bond acceptors (Lipinski definition) is 2. The van der Waals surface area contributed by atoms with Gasteiger partial charge in [0.05, 0.1) is 6.54 Å². The van der Waals surface area contributed by atoms with E-state index in [2.05, 4.69) is 5.32 Å². The molecular formula is C13H13F3N2O2. The van der Waals surface area contributed by atoms with Crippen LogP contribution in [0.3, 0.4) is 0 Å². The summed E-state index contributed by atoms with van der Waals surface area (Å²) in [7, 11) is 1.33. The first-order valence-electron chi connectivity index (χ1n) is 6.08. The molecule has 1 aromatic carbocycles. The van der Waals surface area contributed by atoms with Crippen LogP contribution in [0.5, 0.6) is 0 Å². The molecule has 0 radical (unpaired) electrons. The van der Waals surface area contributed by atoms with E-state index in [0.717, 1.165) is 17.7 Å². The average molecular weight is 286 g/mol. The van der Waals surface area contributed by atoms with Crippen LogP contribution in [-0.2, 0) is 4.79 Å². The molecule has 2 rings (SSSR count). The Hall–Kier alpha value is -2.05. The number of halogens is 3. The van der Waals surface area contributed by atoms with Crippen molar-refractivity contribution in [1.82, 2.24) is 10.2 Å². The maximum absolute atomic E-state index is 13.0. The van der Waals surface area contributed by atoms with Crippen LogP contribution in [0.4, 0.5) is 13.2 Å². The van der Waals surface area contributed by atoms with Gasteiger partial charge in [-0.1, -0.05) is 0 Å². The minimum atomic E-state index is -1.63. The summed E-state index contributed by atoms with van der Waals surface area (Å²) in [6.45, 7) is -0.226. The molecule has 2 amide bonds. The summed E-state index contributed by atoms with van der Waals surface area (Å²) in [6, 6.07) is 1.37. The molecular weight excluding hydrogens is 273 g/mol. The van der Waals surface area contributed by atoms with E-state index in [0.29, 0.717) is 12.1 Å². The zero-order valence-electron chi connectivity index (χ0n) is 10.8. The maximum Gasteiger partial charge on any atom is 0.254 e. The lowest BCUT2D eigenvalue weighted by atomic mass is 10.2. The molecule has 1 saturated carbocycles. The van der Waals surface area contributed by atoms with E-state index in [9.17, 15) is 22.8 Å². The zero-order chi connectivity index (χ0) is 14.9. The second-order valence-corrected chi connectivity index (χ2v) is 4.76. The molecule has 0 heterocycles. The molecule has 1 fully saturated rings. The topological polar surface area (TPSA) is 49.4 Å². The third-order valence-electron chi connectivity index (χ3n) is 2.90. The third-order valence-corrected chi connectivity index (χ3v) is 2.90. The molecule has 0 bridgehead atoms. The molecule has 0 aromatic heterocycles. The molecule has 1 aliphatic rings. The van der Waals surface area contributed by atoms with E-state index in [-0.39, 0.29) is 24.1 Å². The number of nitrogens with one attached hydrogen (secondary N) is 1. The number of nitrogens with zero attached hydrogens (tertiary/aromatic N) is 1. The highest BCUT2D eigenvalue weighted by molar-refractivity contribution is 5.96. The average Bonchev–Trinajstić information content (AvgIpc) is 3.17. The van der Waals surface area contributed by atoms with Gasteiger partial charge in [-0.3, -0.25) is 9.59 Å². The van der Waals surface area contributed by atoms with Crippen molar-refractivity contribution in [3.63, 3.8) is 0 Å². The Balaban J connectivity index is 2.03. The summed E-state index contributed by atoms with van der Waals surface area (Å²) in [5.74, 6) is -5.61. The molecule has 0 unspecified atom stereocenters.